The molecular formula is C17H28O4S. The number of hydrogen-bond donors (Lipinski definition) is 1. The first-order valence-corrected chi connectivity index (χ1v) is 9.51. The summed E-state index contributed by atoms with van der Waals surface area (Å²) in [5.74, 6) is 2.62. The molecule has 0 aromatic rings. The van der Waals surface area contributed by atoms with Crippen LogP contribution in [0, 0.1) is 11.8 Å². The monoisotopic (exact) mass is 328 g/mol. The Labute approximate surface area is 137 Å². The van der Waals surface area contributed by atoms with Crippen molar-refractivity contribution in [2.24, 2.45) is 11.8 Å². The third-order valence-electron chi connectivity index (χ3n) is 4.59. The second-order valence-electron chi connectivity index (χ2n) is 6.15. The molecule has 2 aliphatic rings. The number of fused-ring (bicyclic) bond motifs is 2. The number of aliphatic carboxylic acids is 1. The largest absolute Gasteiger partial charge is 0.481 e. The third kappa shape index (κ3) is 5.28. The van der Waals surface area contributed by atoms with Crippen LogP contribution < -0.4 is 0 Å². The van der Waals surface area contributed by atoms with Crippen molar-refractivity contribution in [1.29, 1.82) is 0 Å². The number of unbranched alkanes of at least 4 members (excludes halogenated alkanes) is 1. The number of rotatable bonds is 11. The summed E-state index contributed by atoms with van der Waals surface area (Å²) in [6.07, 6.45) is 9.32. The molecule has 2 fully saturated rings. The normalized spacial score (nSPS) is 30.4. The molecule has 2 rings (SSSR count). The lowest BCUT2D eigenvalue weighted by molar-refractivity contribution is -0.137. The Morgan fingerprint density at radius 1 is 1.32 bits per heavy atom. The average Bonchev–Trinajstić information content (AvgIpc) is 3.08. The maximum Gasteiger partial charge on any atom is 0.303 e. The smallest absolute Gasteiger partial charge is 0.303 e. The molecule has 0 amide bonds. The van der Waals surface area contributed by atoms with Gasteiger partial charge in [-0.25, -0.2) is 0 Å². The summed E-state index contributed by atoms with van der Waals surface area (Å²) in [7, 11) is 0. The molecule has 0 radical (unpaired) electrons. The molecule has 4 unspecified atom stereocenters. The fourth-order valence-corrected chi connectivity index (χ4v) is 4.71. The number of carbonyl (C=O) groups is 1. The Hall–Kier alpha value is -0.520. The van der Waals surface area contributed by atoms with Crippen molar-refractivity contribution < 1.29 is 19.4 Å². The standard InChI is InChI=1S/C17H28O4S/c1-2-3-9-20-11-13-14(16-8-7-15(13)21-16)12-22-10-5-4-6-17(18)19/h2-3,13-16H,4-12H2,1H3,(H,18,19). The SMILES string of the molecule is CC=CCOCC1C2CCC(O2)C1CSCCCCC(=O)O. The minimum Gasteiger partial charge on any atom is -0.481 e. The van der Waals surface area contributed by atoms with Gasteiger partial charge in [0.1, 0.15) is 0 Å². The molecule has 0 aromatic heterocycles. The maximum absolute atomic E-state index is 10.5. The molecule has 0 aromatic carbocycles. The van der Waals surface area contributed by atoms with Gasteiger partial charge in [-0.1, -0.05) is 12.2 Å². The minimum absolute atomic E-state index is 0.291. The quantitative estimate of drug-likeness (QED) is 0.465. The van der Waals surface area contributed by atoms with Gasteiger partial charge in [-0.05, 0) is 44.1 Å². The molecular weight excluding hydrogens is 300 g/mol. The van der Waals surface area contributed by atoms with Crippen molar-refractivity contribution in [2.45, 2.75) is 51.2 Å². The molecule has 126 valence electrons. The van der Waals surface area contributed by atoms with Gasteiger partial charge in [0, 0.05) is 18.3 Å². The summed E-state index contributed by atoms with van der Waals surface area (Å²) in [6.45, 7) is 3.50. The first-order valence-electron chi connectivity index (χ1n) is 8.36. The van der Waals surface area contributed by atoms with Crippen molar-refractivity contribution in [2.75, 3.05) is 24.7 Å². The zero-order valence-electron chi connectivity index (χ0n) is 13.4. The Balaban J connectivity index is 1.65. The first-order chi connectivity index (χ1) is 10.7. The zero-order valence-corrected chi connectivity index (χ0v) is 14.2. The number of allylic oxidation sites excluding steroid dienone is 1. The van der Waals surface area contributed by atoms with Gasteiger partial charge in [0.25, 0.3) is 0 Å². The predicted octanol–water partition coefficient (Wildman–Crippen LogP) is 3.36. The molecule has 2 saturated heterocycles. The van der Waals surface area contributed by atoms with Crippen molar-refractivity contribution in [1.82, 2.24) is 0 Å². The number of carboxylic acids is 1. The number of hydrogen-bond acceptors (Lipinski definition) is 4. The van der Waals surface area contributed by atoms with E-state index in [9.17, 15) is 4.79 Å². The molecule has 0 spiro atoms. The molecule has 1 N–H and O–H groups in total. The van der Waals surface area contributed by atoms with Gasteiger partial charge in [-0.15, -0.1) is 0 Å². The Morgan fingerprint density at radius 2 is 2.09 bits per heavy atom. The van der Waals surface area contributed by atoms with Crippen LogP contribution in [0.4, 0.5) is 0 Å². The first kappa shape index (κ1) is 17.8. The van der Waals surface area contributed by atoms with Crippen molar-refractivity contribution in [3.05, 3.63) is 12.2 Å². The molecule has 22 heavy (non-hydrogen) atoms. The van der Waals surface area contributed by atoms with E-state index in [0.717, 1.165) is 31.0 Å². The lowest BCUT2D eigenvalue weighted by Gasteiger charge is -2.27. The van der Waals surface area contributed by atoms with E-state index in [1.165, 1.54) is 12.8 Å². The van der Waals surface area contributed by atoms with E-state index < -0.39 is 5.97 Å². The molecule has 5 heteroatoms. The Bertz CT molecular complexity index is 372. The van der Waals surface area contributed by atoms with Crippen LogP contribution >= 0.6 is 11.8 Å². The molecule has 2 heterocycles. The van der Waals surface area contributed by atoms with Crippen LogP contribution in [-0.2, 0) is 14.3 Å². The summed E-state index contributed by atoms with van der Waals surface area (Å²) >= 11 is 1.95. The molecule has 4 nitrogen and oxygen atoms in total. The van der Waals surface area contributed by atoms with Gasteiger partial charge in [0.15, 0.2) is 0 Å². The van der Waals surface area contributed by atoms with Crippen LogP contribution in [0.3, 0.4) is 0 Å². The highest BCUT2D eigenvalue weighted by Crippen LogP contribution is 2.44. The molecule has 2 bridgehead atoms. The highest BCUT2D eigenvalue weighted by molar-refractivity contribution is 7.99. The fraction of sp³-hybridized carbons (Fsp3) is 0.824. The highest BCUT2D eigenvalue weighted by atomic mass is 32.2. The summed E-state index contributed by atoms with van der Waals surface area (Å²) in [4.78, 5) is 10.5. The highest BCUT2D eigenvalue weighted by Gasteiger charge is 2.48. The van der Waals surface area contributed by atoms with E-state index in [1.807, 2.05) is 30.8 Å². The third-order valence-corrected chi connectivity index (χ3v) is 5.79. The van der Waals surface area contributed by atoms with E-state index in [-0.39, 0.29) is 0 Å². The van der Waals surface area contributed by atoms with E-state index in [2.05, 4.69) is 0 Å². The van der Waals surface area contributed by atoms with E-state index >= 15 is 0 Å². The fourth-order valence-electron chi connectivity index (χ4n) is 3.40. The van der Waals surface area contributed by atoms with Gasteiger partial charge in [0.05, 0.1) is 25.4 Å². The summed E-state index contributed by atoms with van der Waals surface area (Å²) < 4.78 is 11.8. The Morgan fingerprint density at radius 3 is 2.82 bits per heavy atom. The Kier molecular flexibility index (Phi) is 7.76. The van der Waals surface area contributed by atoms with E-state index in [1.54, 1.807) is 0 Å². The number of thioether (sulfide) groups is 1. The molecule has 0 saturated carbocycles. The minimum atomic E-state index is -0.690. The molecule has 2 aliphatic heterocycles. The maximum atomic E-state index is 10.5. The summed E-state index contributed by atoms with van der Waals surface area (Å²) in [5, 5.41) is 8.63. The van der Waals surface area contributed by atoms with Gasteiger partial charge in [-0.2, -0.15) is 11.8 Å². The van der Waals surface area contributed by atoms with Crippen LogP contribution in [0.2, 0.25) is 0 Å². The van der Waals surface area contributed by atoms with Gasteiger partial charge >= 0.3 is 5.97 Å². The second kappa shape index (κ2) is 9.58. The van der Waals surface area contributed by atoms with Crippen molar-refractivity contribution in [3.63, 3.8) is 0 Å². The topological polar surface area (TPSA) is 55.8 Å². The lowest BCUT2D eigenvalue weighted by atomic mass is 9.81. The average molecular weight is 328 g/mol. The van der Waals surface area contributed by atoms with E-state index in [4.69, 9.17) is 14.6 Å². The number of carboxylic acid groups (broad SMARTS) is 1. The van der Waals surface area contributed by atoms with E-state index in [0.29, 0.717) is 37.1 Å². The zero-order chi connectivity index (χ0) is 15.8. The number of ether oxygens (including phenoxy) is 2. The summed E-state index contributed by atoms with van der Waals surface area (Å²) in [5.41, 5.74) is 0. The van der Waals surface area contributed by atoms with Gasteiger partial charge in [0.2, 0.25) is 0 Å². The van der Waals surface area contributed by atoms with Crippen LogP contribution in [0.5, 0.6) is 0 Å². The molecule has 0 aliphatic carbocycles. The van der Waals surface area contributed by atoms with Crippen LogP contribution in [-0.4, -0.2) is 48.0 Å². The summed E-state index contributed by atoms with van der Waals surface area (Å²) in [6, 6.07) is 0. The van der Waals surface area contributed by atoms with Crippen LogP contribution in [0.1, 0.15) is 39.0 Å². The van der Waals surface area contributed by atoms with Gasteiger partial charge < -0.3 is 14.6 Å². The van der Waals surface area contributed by atoms with Crippen molar-refractivity contribution >= 4 is 17.7 Å². The molecule has 4 atom stereocenters. The second-order valence-corrected chi connectivity index (χ2v) is 7.30. The van der Waals surface area contributed by atoms with Gasteiger partial charge in [-0.3, -0.25) is 4.79 Å². The predicted molar refractivity (Wildman–Crippen MR) is 89.3 cm³/mol. The van der Waals surface area contributed by atoms with Crippen LogP contribution in [0.25, 0.3) is 0 Å². The van der Waals surface area contributed by atoms with Crippen molar-refractivity contribution in [3.8, 4) is 0 Å². The lowest BCUT2D eigenvalue weighted by Crippen LogP contribution is -2.32. The van der Waals surface area contributed by atoms with Crippen LogP contribution in [0.15, 0.2) is 12.2 Å².